The van der Waals surface area contributed by atoms with Gasteiger partial charge in [-0.2, -0.15) is 0 Å². The molecule has 0 radical (unpaired) electrons. The number of aryl methyl sites for hydroxylation is 1. The quantitative estimate of drug-likeness (QED) is 0.803. The predicted octanol–water partition coefficient (Wildman–Crippen LogP) is 1.14. The summed E-state index contributed by atoms with van der Waals surface area (Å²) in [5, 5.41) is 11.8. The zero-order valence-corrected chi connectivity index (χ0v) is 9.95. The smallest absolute Gasteiger partial charge is 0.252 e. The van der Waals surface area contributed by atoms with E-state index >= 15 is 0 Å². The molecule has 0 saturated heterocycles. The lowest BCUT2D eigenvalue weighted by atomic mass is 9.95. The lowest BCUT2D eigenvalue weighted by molar-refractivity contribution is 0.0910. The van der Waals surface area contributed by atoms with Crippen molar-refractivity contribution in [3.8, 4) is 0 Å². The third-order valence-electron chi connectivity index (χ3n) is 2.33. The number of nitrogens with one attached hydrogen (secondary N) is 1. The zero-order valence-electron chi connectivity index (χ0n) is 9.95. The van der Waals surface area contributed by atoms with E-state index < -0.39 is 0 Å². The van der Waals surface area contributed by atoms with Crippen LogP contribution < -0.4 is 5.32 Å². The fourth-order valence-electron chi connectivity index (χ4n) is 1.08. The molecule has 1 aromatic heterocycles. The average Bonchev–Trinajstić information content (AvgIpc) is 2.27. The number of pyridine rings is 1. The molecule has 1 heterocycles. The summed E-state index contributed by atoms with van der Waals surface area (Å²) in [7, 11) is 0. The van der Waals surface area contributed by atoms with Crippen LogP contribution in [0.4, 0.5) is 0 Å². The van der Waals surface area contributed by atoms with Crippen molar-refractivity contribution < 1.29 is 9.90 Å². The van der Waals surface area contributed by atoms with E-state index in [1.165, 1.54) is 0 Å². The first kappa shape index (κ1) is 12.6. The molecule has 0 bridgehead atoms. The minimum Gasteiger partial charge on any atom is -0.396 e. The predicted molar refractivity (Wildman–Crippen MR) is 62.2 cm³/mol. The van der Waals surface area contributed by atoms with Crippen LogP contribution in [-0.2, 0) is 0 Å². The maximum absolute atomic E-state index is 11.7. The normalized spacial score (nSPS) is 11.2. The molecule has 2 N–H and O–H groups in total. The number of amides is 1. The molecular weight excluding hydrogens is 204 g/mol. The van der Waals surface area contributed by atoms with Crippen LogP contribution in [0.15, 0.2) is 18.3 Å². The summed E-state index contributed by atoms with van der Waals surface area (Å²) in [6.07, 6.45) is 1.55. The van der Waals surface area contributed by atoms with Gasteiger partial charge in [0.15, 0.2) is 0 Å². The first-order valence-electron chi connectivity index (χ1n) is 5.26. The Labute approximate surface area is 95.7 Å². The van der Waals surface area contributed by atoms with E-state index in [0.717, 1.165) is 5.69 Å². The molecule has 0 saturated carbocycles. The third kappa shape index (κ3) is 3.62. The van der Waals surface area contributed by atoms with Crippen LogP contribution in [-0.4, -0.2) is 29.1 Å². The Bertz CT molecular complexity index is 358. The molecule has 88 valence electrons. The fraction of sp³-hybridized carbons (Fsp3) is 0.500. The van der Waals surface area contributed by atoms with Crippen molar-refractivity contribution >= 4 is 5.91 Å². The van der Waals surface area contributed by atoms with Crippen LogP contribution >= 0.6 is 0 Å². The molecule has 0 aliphatic heterocycles. The highest BCUT2D eigenvalue weighted by molar-refractivity contribution is 5.93. The zero-order chi connectivity index (χ0) is 12.2. The van der Waals surface area contributed by atoms with Gasteiger partial charge in [-0.1, -0.05) is 13.8 Å². The van der Waals surface area contributed by atoms with Crippen molar-refractivity contribution in [2.24, 2.45) is 5.41 Å². The molecule has 0 aliphatic rings. The number of aromatic nitrogens is 1. The number of nitrogens with zero attached hydrogens (tertiary/aromatic N) is 1. The van der Waals surface area contributed by atoms with Gasteiger partial charge in [-0.25, -0.2) is 0 Å². The number of hydrogen-bond acceptors (Lipinski definition) is 3. The molecule has 0 spiro atoms. The van der Waals surface area contributed by atoms with Crippen molar-refractivity contribution in [2.75, 3.05) is 13.2 Å². The van der Waals surface area contributed by atoms with Crippen LogP contribution in [0.1, 0.15) is 29.9 Å². The Morgan fingerprint density at radius 1 is 1.50 bits per heavy atom. The lowest BCUT2D eigenvalue weighted by Gasteiger charge is -2.21. The molecule has 0 fully saturated rings. The number of hydrogen-bond donors (Lipinski definition) is 2. The topological polar surface area (TPSA) is 62.2 Å². The number of carbonyl (C=O) groups is 1. The summed E-state index contributed by atoms with van der Waals surface area (Å²) in [5.74, 6) is -0.158. The van der Waals surface area contributed by atoms with Crippen LogP contribution in [0.25, 0.3) is 0 Å². The van der Waals surface area contributed by atoms with E-state index in [1.54, 1.807) is 18.3 Å². The second kappa shape index (κ2) is 5.07. The maximum Gasteiger partial charge on any atom is 0.252 e. The Morgan fingerprint density at radius 3 is 2.69 bits per heavy atom. The Hall–Kier alpha value is -1.42. The number of rotatable bonds is 4. The minimum atomic E-state index is -0.298. The van der Waals surface area contributed by atoms with Crippen LogP contribution in [0.3, 0.4) is 0 Å². The average molecular weight is 222 g/mol. The molecule has 0 unspecified atom stereocenters. The monoisotopic (exact) mass is 222 g/mol. The van der Waals surface area contributed by atoms with Crippen LogP contribution in [0.5, 0.6) is 0 Å². The lowest BCUT2D eigenvalue weighted by Crippen LogP contribution is -2.36. The second-order valence-electron chi connectivity index (χ2n) is 4.69. The van der Waals surface area contributed by atoms with E-state index in [1.807, 2.05) is 20.8 Å². The van der Waals surface area contributed by atoms with E-state index in [-0.39, 0.29) is 17.9 Å². The summed E-state index contributed by atoms with van der Waals surface area (Å²) in [4.78, 5) is 15.7. The molecule has 0 aromatic carbocycles. The Kier molecular flexibility index (Phi) is 4.01. The van der Waals surface area contributed by atoms with Crippen molar-refractivity contribution in [3.05, 3.63) is 29.6 Å². The largest absolute Gasteiger partial charge is 0.396 e. The fourth-order valence-corrected chi connectivity index (χ4v) is 1.08. The van der Waals surface area contributed by atoms with Crippen molar-refractivity contribution in [1.29, 1.82) is 0 Å². The van der Waals surface area contributed by atoms with Crippen molar-refractivity contribution in [1.82, 2.24) is 10.3 Å². The van der Waals surface area contributed by atoms with Crippen LogP contribution in [0.2, 0.25) is 0 Å². The molecule has 1 aromatic rings. The highest BCUT2D eigenvalue weighted by atomic mass is 16.3. The maximum atomic E-state index is 11.7. The summed E-state index contributed by atoms with van der Waals surface area (Å²) < 4.78 is 0. The summed E-state index contributed by atoms with van der Waals surface area (Å²) >= 11 is 0. The van der Waals surface area contributed by atoms with E-state index in [2.05, 4.69) is 10.3 Å². The molecule has 4 heteroatoms. The molecule has 1 rings (SSSR count). The third-order valence-corrected chi connectivity index (χ3v) is 2.33. The SMILES string of the molecule is Cc1ccc(C(=O)NCC(C)(C)CO)cn1. The van der Waals surface area contributed by atoms with Gasteiger partial charge in [-0.3, -0.25) is 9.78 Å². The van der Waals surface area contributed by atoms with Gasteiger partial charge < -0.3 is 10.4 Å². The first-order chi connectivity index (χ1) is 7.44. The van der Waals surface area contributed by atoms with Gasteiger partial charge in [0.25, 0.3) is 5.91 Å². The van der Waals surface area contributed by atoms with E-state index in [9.17, 15) is 4.79 Å². The molecular formula is C12H18N2O2. The van der Waals surface area contributed by atoms with Gasteiger partial charge in [0, 0.05) is 30.5 Å². The van der Waals surface area contributed by atoms with Gasteiger partial charge in [-0.05, 0) is 19.1 Å². The summed E-state index contributed by atoms with van der Waals surface area (Å²) in [6, 6.07) is 3.54. The standard InChI is InChI=1S/C12H18N2O2/c1-9-4-5-10(6-13-9)11(16)14-7-12(2,3)8-15/h4-6,15H,7-8H2,1-3H3,(H,14,16). The highest BCUT2D eigenvalue weighted by Crippen LogP contribution is 2.11. The molecule has 1 amide bonds. The number of aliphatic hydroxyl groups excluding tert-OH is 1. The first-order valence-corrected chi connectivity index (χ1v) is 5.26. The summed E-state index contributed by atoms with van der Waals surface area (Å²) in [6.45, 7) is 6.13. The van der Waals surface area contributed by atoms with E-state index in [4.69, 9.17) is 5.11 Å². The van der Waals surface area contributed by atoms with Gasteiger partial charge in [-0.15, -0.1) is 0 Å². The molecule has 16 heavy (non-hydrogen) atoms. The molecule has 0 aliphatic carbocycles. The van der Waals surface area contributed by atoms with Gasteiger partial charge in [0.2, 0.25) is 0 Å². The van der Waals surface area contributed by atoms with E-state index in [0.29, 0.717) is 12.1 Å². The molecule has 4 nitrogen and oxygen atoms in total. The van der Waals surface area contributed by atoms with Gasteiger partial charge >= 0.3 is 0 Å². The molecule has 0 atom stereocenters. The van der Waals surface area contributed by atoms with Crippen molar-refractivity contribution in [2.45, 2.75) is 20.8 Å². The Balaban J connectivity index is 2.56. The minimum absolute atomic E-state index is 0.0411. The number of aliphatic hydroxyl groups is 1. The number of carbonyl (C=O) groups excluding carboxylic acids is 1. The van der Waals surface area contributed by atoms with Gasteiger partial charge in [0.05, 0.1) is 5.56 Å². The van der Waals surface area contributed by atoms with Crippen LogP contribution in [0, 0.1) is 12.3 Å². The Morgan fingerprint density at radius 2 is 2.19 bits per heavy atom. The highest BCUT2D eigenvalue weighted by Gasteiger charge is 2.17. The van der Waals surface area contributed by atoms with Gasteiger partial charge in [0.1, 0.15) is 0 Å². The summed E-state index contributed by atoms with van der Waals surface area (Å²) in [5.41, 5.74) is 1.12. The van der Waals surface area contributed by atoms with Crippen molar-refractivity contribution in [3.63, 3.8) is 0 Å². The second-order valence-corrected chi connectivity index (χ2v) is 4.69.